The predicted molar refractivity (Wildman–Crippen MR) is 63.7 cm³/mol. The van der Waals surface area contributed by atoms with E-state index in [1.807, 2.05) is 42.6 Å². The lowest BCUT2D eigenvalue weighted by Gasteiger charge is -2.12. The molecule has 0 aliphatic heterocycles. The number of hydrogen-bond acceptors (Lipinski definition) is 2. The minimum absolute atomic E-state index is 0.472. The summed E-state index contributed by atoms with van der Waals surface area (Å²) in [7, 11) is 0. The molecule has 17 heavy (non-hydrogen) atoms. The molecule has 0 bridgehead atoms. The van der Waals surface area contributed by atoms with Gasteiger partial charge in [0.1, 0.15) is 0 Å². The van der Waals surface area contributed by atoms with Crippen LogP contribution in [0.15, 0.2) is 48.8 Å². The molecule has 1 heterocycles. The topological polar surface area (TPSA) is 55.1 Å². The molecule has 0 spiro atoms. The van der Waals surface area contributed by atoms with Gasteiger partial charge in [-0.3, -0.25) is 9.48 Å². The highest BCUT2D eigenvalue weighted by molar-refractivity contribution is 5.75. The van der Waals surface area contributed by atoms with E-state index in [1.165, 1.54) is 0 Å². The van der Waals surface area contributed by atoms with Crippen LogP contribution in [0.5, 0.6) is 0 Å². The van der Waals surface area contributed by atoms with Gasteiger partial charge in [0, 0.05) is 18.9 Å². The average molecular weight is 230 g/mol. The summed E-state index contributed by atoms with van der Waals surface area (Å²) in [6.07, 6.45) is 4.07. The van der Waals surface area contributed by atoms with Gasteiger partial charge in [-0.25, -0.2) is 0 Å². The Morgan fingerprint density at radius 2 is 2.06 bits per heavy atom. The Morgan fingerprint density at radius 1 is 1.29 bits per heavy atom. The van der Waals surface area contributed by atoms with E-state index in [0.717, 1.165) is 5.56 Å². The van der Waals surface area contributed by atoms with Crippen LogP contribution in [0.3, 0.4) is 0 Å². The van der Waals surface area contributed by atoms with E-state index < -0.39 is 11.9 Å². The van der Waals surface area contributed by atoms with Crippen LogP contribution in [0, 0.1) is 0 Å². The molecule has 0 aliphatic rings. The first-order valence-electron chi connectivity index (χ1n) is 5.52. The number of nitrogens with zero attached hydrogens (tertiary/aromatic N) is 2. The van der Waals surface area contributed by atoms with Crippen molar-refractivity contribution in [1.82, 2.24) is 9.78 Å². The van der Waals surface area contributed by atoms with Crippen molar-refractivity contribution in [1.29, 1.82) is 0 Å². The van der Waals surface area contributed by atoms with Gasteiger partial charge in [-0.2, -0.15) is 5.10 Å². The quantitative estimate of drug-likeness (QED) is 0.856. The average Bonchev–Trinajstić information content (AvgIpc) is 2.83. The predicted octanol–water partition coefficient (Wildman–Crippen LogP) is 2.14. The minimum atomic E-state index is -0.789. The normalized spacial score (nSPS) is 12.2. The summed E-state index contributed by atoms with van der Waals surface area (Å²) in [6, 6.07) is 11.1. The highest BCUT2D eigenvalue weighted by Crippen LogP contribution is 2.20. The summed E-state index contributed by atoms with van der Waals surface area (Å²) >= 11 is 0. The molecule has 1 atom stereocenters. The first kappa shape index (κ1) is 11.4. The third-order valence-corrected chi connectivity index (χ3v) is 2.71. The number of benzene rings is 1. The highest BCUT2D eigenvalue weighted by atomic mass is 16.4. The first-order chi connectivity index (χ1) is 8.27. The van der Waals surface area contributed by atoms with Crippen LogP contribution in [0.25, 0.3) is 0 Å². The van der Waals surface area contributed by atoms with Crippen LogP contribution >= 0.6 is 0 Å². The third-order valence-electron chi connectivity index (χ3n) is 2.71. The molecule has 0 radical (unpaired) electrons. The number of aliphatic carboxylic acids is 1. The van der Waals surface area contributed by atoms with Crippen molar-refractivity contribution < 1.29 is 9.90 Å². The zero-order chi connectivity index (χ0) is 12.1. The highest BCUT2D eigenvalue weighted by Gasteiger charge is 2.19. The van der Waals surface area contributed by atoms with Crippen molar-refractivity contribution >= 4 is 5.97 Å². The zero-order valence-corrected chi connectivity index (χ0v) is 9.36. The Morgan fingerprint density at radius 3 is 2.65 bits per heavy atom. The molecular formula is C13H14N2O2. The van der Waals surface area contributed by atoms with Crippen molar-refractivity contribution in [2.24, 2.45) is 0 Å². The summed E-state index contributed by atoms with van der Waals surface area (Å²) in [5.74, 6) is -1.26. The second kappa shape index (κ2) is 5.30. The molecule has 0 unspecified atom stereocenters. The van der Waals surface area contributed by atoms with Crippen LogP contribution in [-0.2, 0) is 11.3 Å². The van der Waals surface area contributed by atoms with Gasteiger partial charge in [-0.05, 0) is 18.1 Å². The van der Waals surface area contributed by atoms with Crippen LogP contribution < -0.4 is 0 Å². The lowest BCUT2D eigenvalue weighted by Crippen LogP contribution is -2.14. The number of carboxylic acid groups (broad SMARTS) is 1. The molecule has 2 rings (SSSR count). The molecule has 1 aromatic carbocycles. The van der Waals surface area contributed by atoms with Gasteiger partial charge in [0.25, 0.3) is 0 Å². The minimum Gasteiger partial charge on any atom is -0.481 e. The molecule has 1 aromatic heterocycles. The van der Waals surface area contributed by atoms with Gasteiger partial charge < -0.3 is 5.11 Å². The fourth-order valence-electron chi connectivity index (χ4n) is 1.81. The number of carboxylic acids is 1. The number of aryl methyl sites for hydroxylation is 1. The van der Waals surface area contributed by atoms with E-state index >= 15 is 0 Å². The fraction of sp³-hybridized carbons (Fsp3) is 0.231. The standard InChI is InChI=1S/C13H14N2O2/c16-13(17)12(11-5-2-1-3-6-11)7-10-15-9-4-8-14-15/h1-6,8-9,12H,7,10H2,(H,16,17)/t12-/m0/s1. The van der Waals surface area contributed by atoms with Crippen molar-refractivity contribution in [3.8, 4) is 0 Å². The number of rotatable bonds is 5. The summed E-state index contributed by atoms with van der Waals surface area (Å²) in [5, 5.41) is 13.3. The first-order valence-corrected chi connectivity index (χ1v) is 5.52. The Hall–Kier alpha value is -2.10. The van der Waals surface area contributed by atoms with Gasteiger partial charge in [0.05, 0.1) is 5.92 Å². The lowest BCUT2D eigenvalue weighted by molar-refractivity contribution is -0.139. The van der Waals surface area contributed by atoms with Crippen molar-refractivity contribution in [3.05, 3.63) is 54.4 Å². The molecule has 88 valence electrons. The van der Waals surface area contributed by atoms with Crippen LogP contribution in [0.2, 0.25) is 0 Å². The maximum absolute atomic E-state index is 11.2. The second-order valence-electron chi connectivity index (χ2n) is 3.86. The molecule has 0 aliphatic carbocycles. The zero-order valence-electron chi connectivity index (χ0n) is 9.36. The largest absolute Gasteiger partial charge is 0.481 e. The monoisotopic (exact) mass is 230 g/mol. The number of hydrogen-bond donors (Lipinski definition) is 1. The van der Waals surface area contributed by atoms with E-state index in [1.54, 1.807) is 10.9 Å². The van der Waals surface area contributed by atoms with Crippen molar-refractivity contribution in [3.63, 3.8) is 0 Å². The van der Waals surface area contributed by atoms with E-state index in [-0.39, 0.29) is 0 Å². The molecular weight excluding hydrogens is 216 g/mol. The third kappa shape index (κ3) is 2.93. The number of carbonyl (C=O) groups is 1. The van der Waals surface area contributed by atoms with Gasteiger partial charge in [-0.1, -0.05) is 30.3 Å². The van der Waals surface area contributed by atoms with Crippen LogP contribution in [0.1, 0.15) is 17.9 Å². The summed E-state index contributed by atoms with van der Waals surface area (Å²) in [6.45, 7) is 0.610. The van der Waals surface area contributed by atoms with E-state index in [0.29, 0.717) is 13.0 Å². The summed E-state index contributed by atoms with van der Waals surface area (Å²) in [5.41, 5.74) is 0.840. The van der Waals surface area contributed by atoms with Gasteiger partial charge in [0.15, 0.2) is 0 Å². The fourth-order valence-corrected chi connectivity index (χ4v) is 1.81. The van der Waals surface area contributed by atoms with Crippen LogP contribution in [-0.4, -0.2) is 20.9 Å². The Balaban J connectivity index is 2.06. The lowest BCUT2D eigenvalue weighted by atomic mass is 9.96. The SMILES string of the molecule is O=C(O)[C@@H](CCn1cccn1)c1ccccc1. The molecule has 0 saturated heterocycles. The maximum atomic E-state index is 11.2. The second-order valence-corrected chi connectivity index (χ2v) is 3.86. The van der Waals surface area contributed by atoms with Gasteiger partial charge >= 0.3 is 5.97 Å². The molecule has 1 N–H and O–H groups in total. The summed E-state index contributed by atoms with van der Waals surface area (Å²) < 4.78 is 1.75. The van der Waals surface area contributed by atoms with Crippen LogP contribution in [0.4, 0.5) is 0 Å². The van der Waals surface area contributed by atoms with Crippen molar-refractivity contribution in [2.45, 2.75) is 18.9 Å². The Labute approximate surface area is 99.5 Å². The van der Waals surface area contributed by atoms with E-state index in [4.69, 9.17) is 0 Å². The molecule has 0 amide bonds. The molecule has 4 heteroatoms. The van der Waals surface area contributed by atoms with E-state index in [2.05, 4.69) is 5.10 Å². The van der Waals surface area contributed by atoms with E-state index in [9.17, 15) is 9.90 Å². The molecule has 0 saturated carbocycles. The Kier molecular flexibility index (Phi) is 3.55. The Bertz CT molecular complexity index is 465. The van der Waals surface area contributed by atoms with Crippen molar-refractivity contribution in [2.75, 3.05) is 0 Å². The smallest absolute Gasteiger partial charge is 0.311 e. The van der Waals surface area contributed by atoms with Gasteiger partial charge in [0.2, 0.25) is 0 Å². The number of aromatic nitrogens is 2. The maximum Gasteiger partial charge on any atom is 0.311 e. The van der Waals surface area contributed by atoms with Gasteiger partial charge in [-0.15, -0.1) is 0 Å². The molecule has 0 fully saturated rings. The summed E-state index contributed by atoms with van der Waals surface area (Å²) in [4.78, 5) is 11.2. The molecule has 4 nitrogen and oxygen atoms in total. The molecule has 2 aromatic rings.